The summed E-state index contributed by atoms with van der Waals surface area (Å²) >= 11 is 5.91. The first-order chi connectivity index (χ1) is 7.10. The first-order valence-electron chi connectivity index (χ1n) is 4.18. The second-order valence-electron chi connectivity index (χ2n) is 2.83. The number of nitrogens with one attached hydrogen (secondary N) is 1. The molecule has 0 spiro atoms. The predicted octanol–water partition coefficient (Wildman–Crippen LogP) is 1.37. The third-order valence-electron chi connectivity index (χ3n) is 1.95. The van der Waals surface area contributed by atoms with Gasteiger partial charge in [0.05, 0.1) is 12.1 Å². The van der Waals surface area contributed by atoms with E-state index < -0.39 is 6.03 Å². The van der Waals surface area contributed by atoms with Crippen LogP contribution in [-0.4, -0.2) is 20.2 Å². The quantitative estimate of drug-likeness (QED) is 0.457. The van der Waals surface area contributed by atoms with Crippen molar-refractivity contribution >= 4 is 23.3 Å². The third-order valence-corrected chi connectivity index (χ3v) is 2.25. The summed E-state index contributed by atoms with van der Waals surface area (Å²) in [6.07, 6.45) is 0. The average Bonchev–Trinajstić information content (AvgIpc) is 2.26. The van der Waals surface area contributed by atoms with Crippen molar-refractivity contribution in [1.82, 2.24) is 5.43 Å². The van der Waals surface area contributed by atoms with E-state index in [2.05, 4.69) is 0 Å². The van der Waals surface area contributed by atoms with Gasteiger partial charge in [0.1, 0.15) is 5.75 Å². The lowest BCUT2D eigenvalue weighted by Crippen LogP contribution is -2.41. The number of methoxy groups -OCH3 is 1. The molecule has 15 heavy (non-hydrogen) atoms. The number of carbonyl (C=O) groups excluding carboxylic acids is 1. The minimum atomic E-state index is -0.420. The Balaban J connectivity index is 2.97. The third kappa shape index (κ3) is 2.51. The fourth-order valence-electron chi connectivity index (χ4n) is 1.08. The maximum absolute atomic E-state index is 11.2. The molecule has 1 aromatic rings. The van der Waals surface area contributed by atoms with Crippen LogP contribution in [0.3, 0.4) is 0 Å². The molecule has 0 saturated heterocycles. The standard InChI is InChI=1S/C9H12ClN3O2/c1-13(9(14)12-11)6-3-4-8(15-2)7(10)5-6/h3-5H,11H2,1-2H3,(H,12,14). The number of rotatable bonds is 2. The SMILES string of the molecule is COc1ccc(N(C)C(=O)NN)cc1Cl. The van der Waals surface area contributed by atoms with Crippen molar-refractivity contribution in [2.45, 2.75) is 0 Å². The lowest BCUT2D eigenvalue weighted by Gasteiger charge is -2.17. The van der Waals surface area contributed by atoms with Gasteiger partial charge in [-0.15, -0.1) is 0 Å². The largest absolute Gasteiger partial charge is 0.495 e. The van der Waals surface area contributed by atoms with E-state index in [1.165, 1.54) is 12.0 Å². The normalized spacial score (nSPS) is 9.60. The minimum Gasteiger partial charge on any atom is -0.495 e. The van der Waals surface area contributed by atoms with Crippen LogP contribution in [0, 0.1) is 0 Å². The molecule has 1 rings (SSSR count). The lowest BCUT2D eigenvalue weighted by molar-refractivity contribution is 0.247. The number of benzene rings is 1. The molecule has 2 amide bonds. The van der Waals surface area contributed by atoms with Crippen LogP contribution >= 0.6 is 11.6 Å². The fraction of sp³-hybridized carbons (Fsp3) is 0.222. The van der Waals surface area contributed by atoms with Gasteiger partial charge in [0, 0.05) is 12.7 Å². The molecule has 0 heterocycles. The zero-order valence-electron chi connectivity index (χ0n) is 8.45. The topological polar surface area (TPSA) is 67.6 Å². The van der Waals surface area contributed by atoms with Crippen LogP contribution in [0.1, 0.15) is 0 Å². The van der Waals surface area contributed by atoms with E-state index in [0.717, 1.165) is 0 Å². The molecule has 3 N–H and O–H groups in total. The molecule has 0 aliphatic rings. The monoisotopic (exact) mass is 229 g/mol. The van der Waals surface area contributed by atoms with E-state index in [4.69, 9.17) is 22.2 Å². The van der Waals surface area contributed by atoms with Gasteiger partial charge in [-0.1, -0.05) is 11.6 Å². The molecule has 5 nitrogen and oxygen atoms in total. The summed E-state index contributed by atoms with van der Waals surface area (Å²) in [6.45, 7) is 0. The van der Waals surface area contributed by atoms with Crippen molar-refractivity contribution < 1.29 is 9.53 Å². The van der Waals surface area contributed by atoms with Crippen LogP contribution in [0.2, 0.25) is 5.02 Å². The molecule has 82 valence electrons. The lowest BCUT2D eigenvalue weighted by atomic mass is 10.3. The summed E-state index contributed by atoms with van der Waals surface area (Å²) in [5, 5.41) is 0.437. The summed E-state index contributed by atoms with van der Waals surface area (Å²) < 4.78 is 4.99. The van der Waals surface area contributed by atoms with Crippen molar-refractivity contribution in [3.63, 3.8) is 0 Å². The fourth-order valence-corrected chi connectivity index (χ4v) is 1.33. The maximum Gasteiger partial charge on any atom is 0.335 e. The number of carbonyl (C=O) groups is 1. The highest BCUT2D eigenvalue weighted by molar-refractivity contribution is 6.32. The van der Waals surface area contributed by atoms with E-state index in [9.17, 15) is 4.79 Å². The van der Waals surface area contributed by atoms with Gasteiger partial charge in [-0.2, -0.15) is 0 Å². The Morgan fingerprint density at radius 2 is 2.27 bits per heavy atom. The van der Waals surface area contributed by atoms with Gasteiger partial charge in [-0.05, 0) is 18.2 Å². The highest BCUT2D eigenvalue weighted by atomic mass is 35.5. The summed E-state index contributed by atoms with van der Waals surface area (Å²) in [5.41, 5.74) is 2.65. The molecule has 0 aliphatic carbocycles. The Labute approximate surface area is 92.7 Å². The number of nitrogens with zero attached hydrogens (tertiary/aromatic N) is 1. The Morgan fingerprint density at radius 1 is 1.60 bits per heavy atom. The second-order valence-corrected chi connectivity index (χ2v) is 3.23. The molecule has 1 aromatic carbocycles. The Hall–Kier alpha value is -1.46. The molecule has 0 radical (unpaired) electrons. The minimum absolute atomic E-state index is 0.420. The van der Waals surface area contributed by atoms with E-state index in [0.29, 0.717) is 16.5 Å². The molecule has 0 fully saturated rings. The first-order valence-corrected chi connectivity index (χ1v) is 4.55. The van der Waals surface area contributed by atoms with Gasteiger partial charge in [-0.25, -0.2) is 10.6 Å². The van der Waals surface area contributed by atoms with Gasteiger partial charge in [0.25, 0.3) is 0 Å². The summed E-state index contributed by atoms with van der Waals surface area (Å²) in [5.74, 6) is 5.56. The zero-order chi connectivity index (χ0) is 11.4. The molecule has 0 unspecified atom stereocenters. The Bertz CT molecular complexity index is 370. The zero-order valence-corrected chi connectivity index (χ0v) is 9.21. The molecular weight excluding hydrogens is 218 g/mol. The number of hydrogen-bond donors (Lipinski definition) is 2. The van der Waals surface area contributed by atoms with Crippen LogP contribution in [0.5, 0.6) is 5.75 Å². The van der Waals surface area contributed by atoms with E-state index in [1.54, 1.807) is 25.2 Å². The van der Waals surface area contributed by atoms with E-state index >= 15 is 0 Å². The van der Waals surface area contributed by atoms with Crippen molar-refractivity contribution in [1.29, 1.82) is 0 Å². The smallest absolute Gasteiger partial charge is 0.335 e. The summed E-state index contributed by atoms with van der Waals surface area (Å²) in [7, 11) is 3.11. The van der Waals surface area contributed by atoms with E-state index in [1.807, 2.05) is 5.43 Å². The van der Waals surface area contributed by atoms with Crippen molar-refractivity contribution in [2.75, 3.05) is 19.1 Å². The first kappa shape index (κ1) is 11.6. The number of anilines is 1. The number of ether oxygens (including phenoxy) is 1. The van der Waals surface area contributed by atoms with Crippen LogP contribution < -0.4 is 20.9 Å². The molecule has 0 aliphatic heterocycles. The Morgan fingerprint density at radius 3 is 2.73 bits per heavy atom. The maximum atomic E-state index is 11.2. The van der Waals surface area contributed by atoms with Gasteiger partial charge in [-0.3, -0.25) is 10.3 Å². The number of urea groups is 1. The van der Waals surface area contributed by atoms with Crippen LogP contribution in [-0.2, 0) is 0 Å². The van der Waals surface area contributed by atoms with E-state index in [-0.39, 0.29) is 0 Å². The molecule has 6 heteroatoms. The summed E-state index contributed by atoms with van der Waals surface area (Å²) in [4.78, 5) is 12.5. The van der Waals surface area contributed by atoms with Crippen molar-refractivity contribution in [3.8, 4) is 5.75 Å². The van der Waals surface area contributed by atoms with Crippen LogP contribution in [0.25, 0.3) is 0 Å². The van der Waals surface area contributed by atoms with Crippen LogP contribution in [0.4, 0.5) is 10.5 Å². The van der Waals surface area contributed by atoms with Crippen LogP contribution in [0.15, 0.2) is 18.2 Å². The van der Waals surface area contributed by atoms with Crippen molar-refractivity contribution in [3.05, 3.63) is 23.2 Å². The highest BCUT2D eigenvalue weighted by Crippen LogP contribution is 2.28. The number of hydrazine groups is 1. The van der Waals surface area contributed by atoms with Gasteiger partial charge in [0.15, 0.2) is 0 Å². The molecule has 0 aromatic heterocycles. The number of nitrogens with two attached hydrogens (primary N) is 1. The number of hydrogen-bond acceptors (Lipinski definition) is 3. The Kier molecular flexibility index (Phi) is 3.76. The van der Waals surface area contributed by atoms with Crippen molar-refractivity contribution in [2.24, 2.45) is 5.84 Å². The summed E-state index contributed by atoms with van der Waals surface area (Å²) in [6, 6.07) is 4.59. The number of amides is 2. The molecular formula is C9H12ClN3O2. The number of halogens is 1. The van der Waals surface area contributed by atoms with Gasteiger partial charge in [0.2, 0.25) is 0 Å². The van der Waals surface area contributed by atoms with Gasteiger partial charge >= 0.3 is 6.03 Å². The average molecular weight is 230 g/mol. The highest BCUT2D eigenvalue weighted by Gasteiger charge is 2.10. The second kappa shape index (κ2) is 4.86. The predicted molar refractivity (Wildman–Crippen MR) is 59.1 cm³/mol. The molecule has 0 bridgehead atoms. The molecule has 0 saturated carbocycles. The van der Waals surface area contributed by atoms with Gasteiger partial charge < -0.3 is 4.74 Å². The molecule has 0 atom stereocenters.